The fraction of sp³-hybridized carbons (Fsp3) is 0.583. The van der Waals surface area contributed by atoms with Crippen molar-refractivity contribution in [3.8, 4) is 17.6 Å². The Hall–Kier alpha value is -2.13. The van der Waals surface area contributed by atoms with E-state index in [2.05, 4.69) is 39.3 Å². The van der Waals surface area contributed by atoms with E-state index in [0.717, 1.165) is 12.1 Å². The van der Waals surface area contributed by atoms with Crippen LogP contribution in [0.2, 0.25) is 51.4 Å². The third-order valence-electron chi connectivity index (χ3n) is 4.48. The lowest BCUT2D eigenvalue weighted by molar-refractivity contribution is -0.137. The molecule has 0 aliphatic heterocycles. The zero-order chi connectivity index (χ0) is 24.9. The van der Waals surface area contributed by atoms with E-state index in [0.29, 0.717) is 30.3 Å². The van der Waals surface area contributed by atoms with Gasteiger partial charge in [0.15, 0.2) is 25.1 Å². The molecule has 1 aromatic carbocycles. The molecule has 0 aliphatic rings. The van der Waals surface area contributed by atoms with Gasteiger partial charge < -0.3 is 23.7 Å². The molecule has 0 saturated carbocycles. The molecule has 7 nitrogen and oxygen atoms in total. The number of hydrogen-bond acceptors (Lipinski definition) is 7. The smallest absolute Gasteiger partial charge is 0.348 e. The maximum atomic E-state index is 11.9. The minimum atomic E-state index is -1.19. The minimum Gasteiger partial charge on any atom is -0.464 e. The number of carbonyl (C=O) groups excluding carboxylic acids is 1. The summed E-state index contributed by atoms with van der Waals surface area (Å²) in [5.74, 6) is 0.295. The summed E-state index contributed by atoms with van der Waals surface area (Å²) < 4.78 is 27.8. The average Bonchev–Trinajstić information content (AvgIpc) is 2.71. The number of ether oxygens (including phenoxy) is 5. The molecule has 0 atom stereocenters. The van der Waals surface area contributed by atoms with Gasteiger partial charge >= 0.3 is 5.97 Å². The van der Waals surface area contributed by atoms with Gasteiger partial charge in [-0.3, -0.25) is 0 Å². The van der Waals surface area contributed by atoms with Crippen LogP contribution in [0.1, 0.15) is 12.5 Å². The Labute approximate surface area is 200 Å². The van der Waals surface area contributed by atoms with E-state index in [1.165, 1.54) is 6.08 Å². The van der Waals surface area contributed by atoms with Crippen molar-refractivity contribution >= 4 is 28.2 Å². The lowest BCUT2D eigenvalue weighted by atomic mass is 10.1. The molecule has 0 bridgehead atoms. The molecule has 1 rings (SSSR count). The van der Waals surface area contributed by atoms with Crippen molar-refractivity contribution in [1.82, 2.24) is 0 Å². The van der Waals surface area contributed by atoms with E-state index < -0.39 is 22.1 Å². The van der Waals surface area contributed by atoms with Crippen LogP contribution in [0, 0.1) is 11.3 Å². The van der Waals surface area contributed by atoms with Gasteiger partial charge in [0, 0.05) is 29.4 Å². The minimum absolute atomic E-state index is 0.0769. The molecule has 33 heavy (non-hydrogen) atoms. The number of esters is 1. The van der Waals surface area contributed by atoms with Crippen LogP contribution < -0.4 is 9.47 Å². The molecule has 0 heterocycles. The summed E-state index contributed by atoms with van der Waals surface area (Å²) in [4.78, 5) is 11.9. The normalized spacial score (nSPS) is 12.2. The third-order valence-corrected chi connectivity index (χ3v) is 7.89. The van der Waals surface area contributed by atoms with Crippen LogP contribution >= 0.6 is 0 Å². The van der Waals surface area contributed by atoms with Crippen molar-refractivity contribution in [3.63, 3.8) is 0 Å². The highest BCUT2D eigenvalue weighted by Gasteiger charge is 2.15. The van der Waals surface area contributed by atoms with Crippen molar-refractivity contribution in [2.24, 2.45) is 0 Å². The van der Waals surface area contributed by atoms with Gasteiger partial charge in [-0.05, 0) is 42.8 Å². The van der Waals surface area contributed by atoms with Gasteiger partial charge in [0.2, 0.25) is 0 Å². The molecule has 1 aromatic rings. The Morgan fingerprint density at radius 2 is 1.48 bits per heavy atom. The lowest BCUT2D eigenvalue weighted by Gasteiger charge is -2.17. The SMILES string of the molecule is CCOC(=O)/C(C#N)=C/c1ccc(OCOCC[Si](C)(C)C)c(OCOCC[Si](C)(C)C)c1. The molecule has 9 heteroatoms. The van der Waals surface area contributed by atoms with E-state index >= 15 is 0 Å². The summed E-state index contributed by atoms with van der Waals surface area (Å²) in [5.41, 5.74) is 0.529. The van der Waals surface area contributed by atoms with E-state index in [9.17, 15) is 10.1 Å². The highest BCUT2D eigenvalue weighted by molar-refractivity contribution is 6.76. The molecule has 0 unspecified atom stereocenters. The summed E-state index contributed by atoms with van der Waals surface area (Å²) in [6, 6.07) is 9.15. The van der Waals surface area contributed by atoms with Gasteiger partial charge in [0.1, 0.15) is 11.6 Å². The van der Waals surface area contributed by atoms with E-state index in [-0.39, 0.29) is 25.8 Å². The zero-order valence-corrected chi connectivity index (χ0v) is 23.2. The van der Waals surface area contributed by atoms with Crippen LogP contribution in [-0.4, -0.2) is 55.5 Å². The predicted molar refractivity (Wildman–Crippen MR) is 136 cm³/mol. The molecule has 0 N–H and O–H groups in total. The summed E-state index contributed by atoms with van der Waals surface area (Å²) >= 11 is 0. The molecule has 0 aliphatic carbocycles. The van der Waals surface area contributed by atoms with Crippen LogP contribution in [0.5, 0.6) is 11.5 Å². The van der Waals surface area contributed by atoms with E-state index in [4.69, 9.17) is 23.7 Å². The maximum absolute atomic E-state index is 11.9. The Bertz CT molecular complexity index is 822. The third kappa shape index (κ3) is 13.2. The molecule has 0 fully saturated rings. The molecular weight excluding hydrogens is 454 g/mol. The molecule has 0 radical (unpaired) electrons. The lowest BCUT2D eigenvalue weighted by Crippen LogP contribution is -2.22. The molecule has 0 aromatic heterocycles. The molecule has 0 saturated heterocycles. The number of nitrogens with zero attached hydrogens (tertiary/aromatic N) is 1. The molecule has 0 amide bonds. The standard InChI is InChI=1S/C24H39NO6Si2/c1-8-29-24(26)21(17-25)15-20-9-10-22(30-18-27-11-13-32(2,3)4)23(16-20)31-19-28-12-14-33(5,6)7/h9-10,15-16H,8,11-14,18-19H2,1-7H3/b21-15+. The first-order valence-electron chi connectivity index (χ1n) is 11.3. The molecular formula is C24H39NO6Si2. The molecule has 0 spiro atoms. The second kappa shape index (κ2) is 14.2. The van der Waals surface area contributed by atoms with Crippen LogP contribution in [0.25, 0.3) is 6.08 Å². The fourth-order valence-corrected chi connectivity index (χ4v) is 3.96. The first-order chi connectivity index (χ1) is 15.4. The van der Waals surface area contributed by atoms with Crippen molar-refractivity contribution < 1.29 is 28.5 Å². The number of nitriles is 1. The summed E-state index contributed by atoms with van der Waals surface area (Å²) in [7, 11) is -2.36. The Balaban J connectivity index is 2.88. The monoisotopic (exact) mass is 493 g/mol. The highest BCUT2D eigenvalue weighted by atomic mass is 28.3. The van der Waals surface area contributed by atoms with E-state index in [1.54, 1.807) is 25.1 Å². The van der Waals surface area contributed by atoms with Gasteiger partial charge in [0.05, 0.1) is 6.61 Å². The van der Waals surface area contributed by atoms with Crippen molar-refractivity contribution in [1.29, 1.82) is 5.26 Å². The number of hydrogen-bond donors (Lipinski definition) is 0. The Morgan fingerprint density at radius 1 is 0.939 bits per heavy atom. The quantitative estimate of drug-likeness (QED) is 0.0791. The topological polar surface area (TPSA) is 87.0 Å². The average molecular weight is 494 g/mol. The van der Waals surface area contributed by atoms with Crippen molar-refractivity contribution in [2.75, 3.05) is 33.4 Å². The van der Waals surface area contributed by atoms with Crippen LogP contribution in [0.15, 0.2) is 23.8 Å². The zero-order valence-electron chi connectivity index (χ0n) is 21.2. The maximum Gasteiger partial charge on any atom is 0.348 e. The van der Waals surface area contributed by atoms with Gasteiger partial charge in [-0.15, -0.1) is 0 Å². The summed E-state index contributed by atoms with van der Waals surface area (Å²) in [5, 5.41) is 9.29. The van der Waals surface area contributed by atoms with Gasteiger partial charge in [0.25, 0.3) is 0 Å². The van der Waals surface area contributed by atoms with Crippen LogP contribution in [-0.2, 0) is 19.0 Å². The van der Waals surface area contributed by atoms with Crippen LogP contribution in [0.4, 0.5) is 0 Å². The molecule has 184 valence electrons. The van der Waals surface area contributed by atoms with E-state index in [1.807, 2.05) is 6.07 Å². The fourth-order valence-electron chi connectivity index (χ4n) is 2.44. The first kappa shape index (κ1) is 28.9. The van der Waals surface area contributed by atoms with Crippen molar-refractivity contribution in [2.45, 2.75) is 58.3 Å². The highest BCUT2D eigenvalue weighted by Crippen LogP contribution is 2.30. The van der Waals surface area contributed by atoms with Gasteiger partial charge in [-0.2, -0.15) is 5.26 Å². The van der Waals surface area contributed by atoms with Crippen LogP contribution in [0.3, 0.4) is 0 Å². The number of rotatable bonds is 15. The van der Waals surface area contributed by atoms with Gasteiger partial charge in [-0.25, -0.2) is 4.79 Å². The van der Waals surface area contributed by atoms with Gasteiger partial charge in [-0.1, -0.05) is 45.3 Å². The predicted octanol–water partition coefficient (Wildman–Crippen LogP) is 5.54. The summed E-state index contributed by atoms with van der Waals surface area (Å²) in [6.45, 7) is 17.1. The first-order valence-corrected chi connectivity index (χ1v) is 18.7. The number of benzene rings is 1. The number of carbonyl (C=O) groups is 1. The van der Waals surface area contributed by atoms with Crippen molar-refractivity contribution in [3.05, 3.63) is 29.3 Å². The second-order valence-corrected chi connectivity index (χ2v) is 21.3. The second-order valence-electron chi connectivity index (χ2n) is 10.1. The largest absolute Gasteiger partial charge is 0.464 e. The Morgan fingerprint density at radius 3 is 1.97 bits per heavy atom. The summed E-state index contributed by atoms with van der Waals surface area (Å²) in [6.07, 6.45) is 1.46. The Kier molecular flexibility index (Phi) is 12.4.